The Balaban J connectivity index is 1.58. The van der Waals surface area contributed by atoms with Crippen LogP contribution in [-0.4, -0.2) is 29.0 Å². The molecule has 0 spiro atoms. The van der Waals surface area contributed by atoms with Gasteiger partial charge in [-0.15, -0.1) is 11.3 Å². The molecule has 1 aliphatic rings. The highest BCUT2D eigenvalue weighted by Crippen LogP contribution is 2.30. The van der Waals surface area contributed by atoms with Gasteiger partial charge in [0.05, 0.1) is 0 Å². The maximum atomic E-state index is 13.2. The van der Waals surface area contributed by atoms with Crippen LogP contribution in [0.25, 0.3) is 0 Å². The van der Waals surface area contributed by atoms with Crippen molar-refractivity contribution in [3.05, 3.63) is 46.7 Å². The highest BCUT2D eigenvalue weighted by molar-refractivity contribution is 7.15. The summed E-state index contributed by atoms with van der Waals surface area (Å²) < 4.78 is 13.2. The van der Waals surface area contributed by atoms with Crippen LogP contribution in [0.3, 0.4) is 0 Å². The van der Waals surface area contributed by atoms with E-state index in [0.29, 0.717) is 24.0 Å². The summed E-state index contributed by atoms with van der Waals surface area (Å²) in [5.74, 6) is 0.430. The fourth-order valence-corrected chi connectivity index (χ4v) is 3.27. The first-order valence-electron chi connectivity index (χ1n) is 7.89. The van der Waals surface area contributed by atoms with Crippen LogP contribution in [0, 0.1) is 11.7 Å². The molecular formula is C17H20FN3OS. The molecule has 1 fully saturated rings. The van der Waals surface area contributed by atoms with E-state index in [1.807, 2.05) is 17.9 Å². The van der Waals surface area contributed by atoms with Gasteiger partial charge in [-0.2, -0.15) is 0 Å². The predicted octanol–water partition coefficient (Wildman–Crippen LogP) is 4.14. The molecule has 1 aliphatic carbocycles. The molecule has 0 aliphatic heterocycles. The molecule has 2 aromatic rings. The quantitative estimate of drug-likeness (QED) is 0.863. The number of aromatic nitrogens is 1. The molecule has 0 unspecified atom stereocenters. The van der Waals surface area contributed by atoms with E-state index >= 15 is 0 Å². The third-order valence-corrected chi connectivity index (χ3v) is 4.79. The van der Waals surface area contributed by atoms with E-state index in [9.17, 15) is 9.18 Å². The Labute approximate surface area is 139 Å². The summed E-state index contributed by atoms with van der Waals surface area (Å²) in [5, 5.41) is 3.46. The minimum absolute atomic E-state index is 0.0916. The standard InChI is InChI=1S/C17H20FN3OS/c1-2-21(11-12-6-7-12)17(22)20-16-19-10-15(23-16)9-13-4-3-5-14(18)8-13/h3-5,8,10,12H,2,6-7,9,11H2,1H3,(H,19,20,22). The first-order chi connectivity index (χ1) is 11.1. The van der Waals surface area contributed by atoms with E-state index < -0.39 is 0 Å². The van der Waals surface area contributed by atoms with Gasteiger partial charge in [-0.05, 0) is 43.4 Å². The van der Waals surface area contributed by atoms with Crippen LogP contribution in [-0.2, 0) is 6.42 Å². The van der Waals surface area contributed by atoms with E-state index in [2.05, 4.69) is 10.3 Å². The van der Waals surface area contributed by atoms with Crippen molar-refractivity contribution in [1.29, 1.82) is 0 Å². The number of benzene rings is 1. The highest BCUT2D eigenvalue weighted by Gasteiger charge is 2.26. The second-order valence-electron chi connectivity index (χ2n) is 5.85. The Morgan fingerprint density at radius 3 is 3.00 bits per heavy atom. The fraction of sp³-hybridized carbons (Fsp3) is 0.412. The third kappa shape index (κ3) is 4.51. The van der Waals surface area contributed by atoms with Crippen LogP contribution in [0.5, 0.6) is 0 Å². The SMILES string of the molecule is CCN(CC1CC1)C(=O)Nc1ncc(Cc2cccc(F)c2)s1. The molecule has 3 rings (SSSR count). The van der Waals surface area contributed by atoms with Crippen molar-refractivity contribution in [2.45, 2.75) is 26.2 Å². The molecule has 1 aromatic heterocycles. The summed E-state index contributed by atoms with van der Waals surface area (Å²) in [7, 11) is 0. The Morgan fingerprint density at radius 1 is 1.48 bits per heavy atom. The summed E-state index contributed by atoms with van der Waals surface area (Å²) in [5.41, 5.74) is 0.899. The number of nitrogens with zero attached hydrogens (tertiary/aromatic N) is 2. The summed E-state index contributed by atoms with van der Waals surface area (Å²) in [4.78, 5) is 19.3. The number of hydrogen-bond acceptors (Lipinski definition) is 3. The highest BCUT2D eigenvalue weighted by atomic mass is 32.1. The summed E-state index contributed by atoms with van der Waals surface area (Å²) in [6, 6.07) is 6.44. The smallest absolute Gasteiger partial charge is 0.323 e. The van der Waals surface area contributed by atoms with Gasteiger partial charge < -0.3 is 4.90 Å². The first kappa shape index (κ1) is 15.9. The number of rotatable bonds is 6. The van der Waals surface area contributed by atoms with Crippen LogP contribution in [0.15, 0.2) is 30.5 Å². The van der Waals surface area contributed by atoms with Crippen LogP contribution >= 0.6 is 11.3 Å². The molecule has 0 radical (unpaired) electrons. The Kier molecular flexibility index (Phi) is 4.91. The van der Waals surface area contributed by atoms with Gasteiger partial charge in [0.25, 0.3) is 0 Å². The van der Waals surface area contributed by atoms with Crippen LogP contribution < -0.4 is 5.32 Å². The average Bonchev–Trinajstić information content (AvgIpc) is 3.25. The lowest BCUT2D eigenvalue weighted by molar-refractivity contribution is 0.212. The Bertz CT molecular complexity index is 684. The van der Waals surface area contributed by atoms with Gasteiger partial charge >= 0.3 is 6.03 Å². The molecule has 0 saturated heterocycles. The number of urea groups is 1. The van der Waals surface area contributed by atoms with Gasteiger partial charge in [0.15, 0.2) is 5.13 Å². The zero-order valence-corrected chi connectivity index (χ0v) is 13.9. The molecule has 1 N–H and O–H groups in total. The topological polar surface area (TPSA) is 45.2 Å². The Hall–Kier alpha value is -1.95. The van der Waals surface area contributed by atoms with Crippen molar-refractivity contribution in [2.24, 2.45) is 5.92 Å². The van der Waals surface area contributed by atoms with Gasteiger partial charge in [-0.3, -0.25) is 5.32 Å². The van der Waals surface area contributed by atoms with Crippen LogP contribution in [0.2, 0.25) is 0 Å². The number of hydrogen-bond donors (Lipinski definition) is 1. The molecule has 2 amide bonds. The molecule has 1 aromatic carbocycles. The number of halogens is 1. The van der Waals surface area contributed by atoms with E-state index in [1.165, 1.54) is 36.3 Å². The van der Waals surface area contributed by atoms with Crippen molar-refractivity contribution >= 4 is 22.5 Å². The number of nitrogens with one attached hydrogen (secondary N) is 1. The lowest BCUT2D eigenvalue weighted by Gasteiger charge is -2.20. The number of carbonyl (C=O) groups is 1. The molecule has 4 nitrogen and oxygen atoms in total. The van der Waals surface area contributed by atoms with E-state index in [1.54, 1.807) is 12.3 Å². The second kappa shape index (κ2) is 7.08. The fourth-order valence-electron chi connectivity index (χ4n) is 2.43. The molecule has 6 heteroatoms. The minimum Gasteiger partial charge on any atom is -0.324 e. The maximum absolute atomic E-state index is 13.2. The molecule has 1 saturated carbocycles. The molecule has 1 heterocycles. The monoisotopic (exact) mass is 333 g/mol. The Morgan fingerprint density at radius 2 is 2.30 bits per heavy atom. The summed E-state index contributed by atoms with van der Waals surface area (Å²) >= 11 is 1.43. The number of carbonyl (C=O) groups excluding carboxylic acids is 1. The number of amides is 2. The summed E-state index contributed by atoms with van der Waals surface area (Å²) in [6.45, 7) is 3.51. The van der Waals surface area contributed by atoms with Crippen molar-refractivity contribution < 1.29 is 9.18 Å². The van der Waals surface area contributed by atoms with Gasteiger partial charge in [-0.25, -0.2) is 14.2 Å². The number of anilines is 1. The van der Waals surface area contributed by atoms with Gasteiger partial charge in [-0.1, -0.05) is 12.1 Å². The third-order valence-electron chi connectivity index (χ3n) is 3.88. The molecular weight excluding hydrogens is 313 g/mol. The lowest BCUT2D eigenvalue weighted by Crippen LogP contribution is -2.36. The predicted molar refractivity (Wildman–Crippen MR) is 90.3 cm³/mol. The van der Waals surface area contributed by atoms with Crippen molar-refractivity contribution in [2.75, 3.05) is 18.4 Å². The normalized spacial score (nSPS) is 13.8. The molecule has 0 bridgehead atoms. The van der Waals surface area contributed by atoms with E-state index in [0.717, 1.165) is 17.0 Å². The van der Waals surface area contributed by atoms with Gasteiger partial charge in [0.2, 0.25) is 0 Å². The minimum atomic E-state index is -0.237. The van der Waals surface area contributed by atoms with Crippen molar-refractivity contribution in [3.8, 4) is 0 Å². The second-order valence-corrected chi connectivity index (χ2v) is 6.97. The zero-order valence-electron chi connectivity index (χ0n) is 13.1. The lowest BCUT2D eigenvalue weighted by atomic mass is 10.1. The van der Waals surface area contributed by atoms with Gasteiger partial charge in [0, 0.05) is 30.6 Å². The van der Waals surface area contributed by atoms with Crippen LogP contribution in [0.1, 0.15) is 30.2 Å². The van der Waals surface area contributed by atoms with E-state index in [4.69, 9.17) is 0 Å². The van der Waals surface area contributed by atoms with Crippen molar-refractivity contribution in [3.63, 3.8) is 0 Å². The largest absolute Gasteiger partial charge is 0.324 e. The summed E-state index contributed by atoms with van der Waals surface area (Å²) in [6.07, 6.45) is 4.80. The maximum Gasteiger partial charge on any atom is 0.323 e. The van der Waals surface area contributed by atoms with Crippen LogP contribution in [0.4, 0.5) is 14.3 Å². The molecule has 23 heavy (non-hydrogen) atoms. The van der Waals surface area contributed by atoms with E-state index in [-0.39, 0.29) is 11.8 Å². The molecule has 122 valence electrons. The van der Waals surface area contributed by atoms with Crippen molar-refractivity contribution in [1.82, 2.24) is 9.88 Å². The number of thiazole rings is 1. The van der Waals surface area contributed by atoms with Gasteiger partial charge in [0.1, 0.15) is 5.82 Å². The molecule has 0 atom stereocenters. The average molecular weight is 333 g/mol. The first-order valence-corrected chi connectivity index (χ1v) is 8.70. The zero-order chi connectivity index (χ0) is 16.2.